The van der Waals surface area contributed by atoms with Crippen LogP contribution in [0.2, 0.25) is 0 Å². The number of nitrogens with zero attached hydrogens (tertiary/aromatic N) is 1. The first-order valence-corrected chi connectivity index (χ1v) is 13.6. The van der Waals surface area contributed by atoms with E-state index in [0.717, 1.165) is 35.2 Å². The molecule has 7 nitrogen and oxygen atoms in total. The summed E-state index contributed by atoms with van der Waals surface area (Å²) in [6.45, 7) is 6.22. The van der Waals surface area contributed by atoms with E-state index in [-0.39, 0.29) is 29.9 Å². The molecule has 1 heterocycles. The van der Waals surface area contributed by atoms with Gasteiger partial charge in [-0.05, 0) is 68.0 Å². The normalized spacial score (nSPS) is 12.5. The van der Waals surface area contributed by atoms with Gasteiger partial charge in [0.25, 0.3) is 0 Å². The molecule has 206 valence electrons. The van der Waals surface area contributed by atoms with E-state index in [1.54, 1.807) is 19.9 Å². The van der Waals surface area contributed by atoms with Crippen molar-refractivity contribution in [2.24, 2.45) is 5.92 Å². The fraction of sp³-hybridized carbons (Fsp3) is 0.375. The van der Waals surface area contributed by atoms with Crippen molar-refractivity contribution in [1.29, 1.82) is 0 Å². The number of carbonyl (C=O) groups excluding carboxylic acids is 3. The summed E-state index contributed by atoms with van der Waals surface area (Å²) >= 11 is 0. The van der Waals surface area contributed by atoms with Crippen LogP contribution in [0.5, 0.6) is 0 Å². The van der Waals surface area contributed by atoms with Crippen molar-refractivity contribution >= 4 is 23.3 Å². The Morgan fingerprint density at radius 3 is 2.23 bits per heavy atom. The van der Waals surface area contributed by atoms with Crippen LogP contribution in [-0.2, 0) is 40.2 Å². The number of benzene rings is 2. The van der Waals surface area contributed by atoms with Crippen LogP contribution in [-0.4, -0.2) is 35.0 Å². The molecule has 0 bridgehead atoms. The Kier molecular flexibility index (Phi) is 11.4. The maximum Gasteiger partial charge on any atom is 0.223 e. The van der Waals surface area contributed by atoms with Crippen LogP contribution in [0.25, 0.3) is 0 Å². The molecule has 4 N–H and O–H groups in total. The number of aryl methyl sites for hydroxylation is 2. The highest BCUT2D eigenvalue weighted by atomic mass is 16.2. The molecule has 0 aliphatic heterocycles. The molecule has 3 aromatic rings. The van der Waals surface area contributed by atoms with Gasteiger partial charge in [0, 0.05) is 31.0 Å². The van der Waals surface area contributed by atoms with E-state index < -0.39 is 5.92 Å². The number of carbonyl (C=O) groups is 3. The molecule has 0 saturated carbocycles. The van der Waals surface area contributed by atoms with E-state index in [4.69, 9.17) is 5.73 Å². The number of ketones is 2. The predicted molar refractivity (Wildman–Crippen MR) is 155 cm³/mol. The number of nitrogen functional groups attached to an aromatic ring is 1. The van der Waals surface area contributed by atoms with Gasteiger partial charge in [-0.15, -0.1) is 0 Å². The Balaban J connectivity index is 1.55. The first-order chi connectivity index (χ1) is 18.7. The molecule has 0 fully saturated rings. The molecule has 7 heteroatoms. The van der Waals surface area contributed by atoms with Crippen molar-refractivity contribution in [2.45, 2.75) is 65.5 Å². The van der Waals surface area contributed by atoms with Crippen molar-refractivity contribution in [1.82, 2.24) is 15.6 Å². The van der Waals surface area contributed by atoms with Gasteiger partial charge >= 0.3 is 0 Å². The molecule has 3 rings (SSSR count). The van der Waals surface area contributed by atoms with Crippen molar-refractivity contribution in [3.8, 4) is 0 Å². The van der Waals surface area contributed by atoms with E-state index in [2.05, 4.69) is 27.8 Å². The molecule has 0 aliphatic rings. The lowest BCUT2D eigenvalue weighted by Crippen LogP contribution is -2.40. The Hall–Kier alpha value is -3.84. The van der Waals surface area contributed by atoms with Crippen molar-refractivity contribution in [3.05, 3.63) is 94.7 Å². The monoisotopic (exact) mass is 528 g/mol. The largest absolute Gasteiger partial charge is 0.384 e. The molecule has 1 amide bonds. The lowest BCUT2D eigenvalue weighted by molar-refractivity contribution is -0.129. The van der Waals surface area contributed by atoms with E-state index >= 15 is 0 Å². The van der Waals surface area contributed by atoms with Gasteiger partial charge in [-0.1, -0.05) is 67.6 Å². The molecule has 0 unspecified atom stereocenters. The fourth-order valence-electron chi connectivity index (χ4n) is 4.52. The quantitative estimate of drug-likeness (QED) is 0.273. The zero-order chi connectivity index (χ0) is 28.2. The summed E-state index contributed by atoms with van der Waals surface area (Å²) in [6.07, 6.45) is 2.80. The topological polar surface area (TPSA) is 114 Å². The third-order valence-electron chi connectivity index (χ3n) is 6.86. The third-order valence-corrected chi connectivity index (χ3v) is 6.86. The summed E-state index contributed by atoms with van der Waals surface area (Å²) in [5.41, 5.74) is 10.7. The van der Waals surface area contributed by atoms with Gasteiger partial charge in [0.05, 0.1) is 6.04 Å². The molecule has 0 saturated heterocycles. The Morgan fingerprint density at radius 1 is 0.897 bits per heavy atom. The summed E-state index contributed by atoms with van der Waals surface area (Å²) < 4.78 is 0. The van der Waals surface area contributed by atoms with E-state index in [1.807, 2.05) is 55.5 Å². The molecular weight excluding hydrogens is 488 g/mol. The van der Waals surface area contributed by atoms with Crippen molar-refractivity contribution < 1.29 is 14.4 Å². The molecule has 0 spiro atoms. The van der Waals surface area contributed by atoms with Crippen LogP contribution in [0.1, 0.15) is 54.6 Å². The van der Waals surface area contributed by atoms with Gasteiger partial charge in [0.2, 0.25) is 5.91 Å². The number of aromatic nitrogens is 1. The maximum atomic E-state index is 13.3. The second-order valence-corrected chi connectivity index (χ2v) is 10.2. The summed E-state index contributed by atoms with van der Waals surface area (Å²) in [4.78, 5) is 41.7. The van der Waals surface area contributed by atoms with E-state index in [0.29, 0.717) is 31.7 Å². The number of anilines is 1. The third kappa shape index (κ3) is 10.1. The van der Waals surface area contributed by atoms with Gasteiger partial charge < -0.3 is 16.4 Å². The molecule has 39 heavy (non-hydrogen) atoms. The summed E-state index contributed by atoms with van der Waals surface area (Å²) in [5.74, 6) is 0.0159. The standard InChI is InChI=1S/C32H40N4O3/c1-22(32(39)35-21-28-14-16-31(33)36-24(28)3)19-30(38)29(15-13-25-7-5-4-6-8-25)34-18-17-26-9-11-27(12-10-26)20-23(2)37/h4-12,14,16,22,29,34H,13,15,17-21H2,1-3H3,(H2,33,36)(H,35,39)/t22-,29-/m1/s1. The van der Waals surface area contributed by atoms with Crippen LogP contribution in [0, 0.1) is 12.8 Å². The number of hydrogen-bond acceptors (Lipinski definition) is 6. The fourth-order valence-corrected chi connectivity index (χ4v) is 4.52. The number of nitrogens with two attached hydrogens (primary N) is 1. The molecule has 2 atom stereocenters. The number of hydrogen-bond donors (Lipinski definition) is 3. The van der Waals surface area contributed by atoms with E-state index in [1.165, 1.54) is 5.56 Å². The lowest BCUT2D eigenvalue weighted by Gasteiger charge is -2.20. The predicted octanol–water partition coefficient (Wildman–Crippen LogP) is 4.15. The van der Waals surface area contributed by atoms with Gasteiger partial charge in [0.15, 0.2) is 5.78 Å². The summed E-state index contributed by atoms with van der Waals surface area (Å²) in [6, 6.07) is 21.4. The Bertz CT molecular complexity index is 1240. The van der Waals surface area contributed by atoms with Crippen LogP contribution >= 0.6 is 0 Å². The zero-order valence-electron chi connectivity index (χ0n) is 23.2. The highest BCUT2D eigenvalue weighted by molar-refractivity contribution is 5.89. The first-order valence-electron chi connectivity index (χ1n) is 13.6. The number of nitrogens with one attached hydrogen (secondary N) is 2. The van der Waals surface area contributed by atoms with Crippen molar-refractivity contribution in [2.75, 3.05) is 12.3 Å². The number of Topliss-reactive ketones (excluding diaryl/α,β-unsaturated/α-hetero) is 2. The average molecular weight is 529 g/mol. The second-order valence-electron chi connectivity index (χ2n) is 10.2. The van der Waals surface area contributed by atoms with Gasteiger partial charge in [0.1, 0.15) is 11.6 Å². The molecule has 0 radical (unpaired) electrons. The first kappa shape index (κ1) is 29.7. The number of rotatable bonds is 15. The maximum absolute atomic E-state index is 13.3. The molecular formula is C32H40N4O3. The molecule has 0 aliphatic carbocycles. The minimum absolute atomic E-state index is 0.0377. The van der Waals surface area contributed by atoms with Crippen LogP contribution in [0.4, 0.5) is 5.82 Å². The SMILES string of the molecule is CC(=O)Cc1ccc(CCN[C@H](CCc2ccccc2)C(=O)C[C@@H](C)C(=O)NCc2ccc(N)nc2C)cc1. The summed E-state index contributed by atoms with van der Waals surface area (Å²) in [5, 5.41) is 6.37. The van der Waals surface area contributed by atoms with Gasteiger partial charge in [-0.2, -0.15) is 0 Å². The Labute approximate surface area is 231 Å². The zero-order valence-corrected chi connectivity index (χ0v) is 23.2. The van der Waals surface area contributed by atoms with Gasteiger partial charge in [-0.3, -0.25) is 14.4 Å². The number of pyridine rings is 1. The van der Waals surface area contributed by atoms with Gasteiger partial charge in [-0.25, -0.2) is 4.98 Å². The van der Waals surface area contributed by atoms with Crippen LogP contribution in [0.15, 0.2) is 66.7 Å². The van der Waals surface area contributed by atoms with Crippen molar-refractivity contribution in [3.63, 3.8) is 0 Å². The highest BCUT2D eigenvalue weighted by Crippen LogP contribution is 2.13. The van der Waals surface area contributed by atoms with E-state index in [9.17, 15) is 14.4 Å². The second kappa shape index (κ2) is 14.9. The number of amides is 1. The Morgan fingerprint density at radius 2 is 1.56 bits per heavy atom. The molecule has 2 aromatic carbocycles. The smallest absolute Gasteiger partial charge is 0.223 e. The lowest BCUT2D eigenvalue weighted by atomic mass is 9.95. The minimum atomic E-state index is -0.450. The minimum Gasteiger partial charge on any atom is -0.384 e. The summed E-state index contributed by atoms with van der Waals surface area (Å²) in [7, 11) is 0. The van der Waals surface area contributed by atoms with Crippen LogP contribution < -0.4 is 16.4 Å². The average Bonchev–Trinajstić information content (AvgIpc) is 2.91. The highest BCUT2D eigenvalue weighted by Gasteiger charge is 2.23. The molecule has 1 aromatic heterocycles. The van der Waals surface area contributed by atoms with Crippen LogP contribution in [0.3, 0.4) is 0 Å².